The van der Waals surface area contributed by atoms with Gasteiger partial charge in [0.1, 0.15) is 0 Å². The summed E-state index contributed by atoms with van der Waals surface area (Å²) >= 11 is 0. The first kappa shape index (κ1) is 15.6. The molecule has 0 bridgehead atoms. The molecule has 0 radical (unpaired) electrons. The molecule has 0 spiro atoms. The molecule has 1 amide bonds. The van der Waals surface area contributed by atoms with Crippen molar-refractivity contribution in [3.63, 3.8) is 0 Å². The van der Waals surface area contributed by atoms with Crippen molar-refractivity contribution in [1.29, 1.82) is 0 Å². The fourth-order valence-corrected chi connectivity index (χ4v) is 3.07. The van der Waals surface area contributed by atoms with Gasteiger partial charge >= 0.3 is 0 Å². The number of nitrogens with two attached hydrogens (primary N) is 1. The predicted octanol–water partition coefficient (Wildman–Crippen LogP) is 3.71. The van der Waals surface area contributed by atoms with Crippen molar-refractivity contribution in [2.75, 3.05) is 12.8 Å². The van der Waals surface area contributed by atoms with Crippen LogP contribution in [0.15, 0.2) is 30.3 Å². The summed E-state index contributed by atoms with van der Waals surface area (Å²) in [5.41, 5.74) is 7.42. The summed E-state index contributed by atoms with van der Waals surface area (Å²) in [6.45, 7) is 2.26. The lowest BCUT2D eigenvalue weighted by molar-refractivity contribution is -0.127. The third-order valence-corrected chi connectivity index (χ3v) is 4.62. The number of anilines is 1. The van der Waals surface area contributed by atoms with E-state index in [2.05, 4.69) is 6.92 Å². The van der Waals surface area contributed by atoms with Crippen LogP contribution in [-0.2, 0) is 4.79 Å². The number of likely N-dealkylation sites (N-methyl/N-ethyl adjacent to an activating group) is 1. The number of hydrogen-bond donors (Lipinski definition) is 1. The van der Waals surface area contributed by atoms with E-state index in [1.54, 1.807) is 6.08 Å². The monoisotopic (exact) mass is 286 g/mol. The molecule has 3 heteroatoms. The molecule has 0 aromatic heterocycles. The topological polar surface area (TPSA) is 46.3 Å². The zero-order valence-electron chi connectivity index (χ0n) is 13.1. The smallest absolute Gasteiger partial charge is 0.246 e. The summed E-state index contributed by atoms with van der Waals surface area (Å²) in [4.78, 5) is 14.2. The Labute approximate surface area is 127 Å². The van der Waals surface area contributed by atoms with Crippen LogP contribution in [0.4, 0.5) is 5.69 Å². The maximum atomic E-state index is 12.3. The van der Waals surface area contributed by atoms with Crippen LogP contribution in [0.2, 0.25) is 0 Å². The minimum absolute atomic E-state index is 0.0809. The molecule has 0 aliphatic heterocycles. The molecule has 21 heavy (non-hydrogen) atoms. The Morgan fingerprint density at radius 1 is 1.33 bits per heavy atom. The van der Waals surface area contributed by atoms with Gasteiger partial charge in [-0.15, -0.1) is 0 Å². The van der Waals surface area contributed by atoms with E-state index in [1.807, 2.05) is 42.3 Å². The summed E-state index contributed by atoms with van der Waals surface area (Å²) in [6, 6.07) is 7.96. The van der Waals surface area contributed by atoms with E-state index in [-0.39, 0.29) is 5.91 Å². The van der Waals surface area contributed by atoms with Crippen molar-refractivity contribution in [2.24, 2.45) is 5.92 Å². The van der Waals surface area contributed by atoms with E-state index >= 15 is 0 Å². The molecule has 2 N–H and O–H groups in total. The van der Waals surface area contributed by atoms with Crippen LogP contribution in [0.1, 0.15) is 44.6 Å². The average Bonchev–Trinajstić information content (AvgIpc) is 2.52. The van der Waals surface area contributed by atoms with E-state index in [0.29, 0.717) is 6.04 Å². The lowest BCUT2D eigenvalue weighted by Crippen LogP contribution is -2.38. The van der Waals surface area contributed by atoms with E-state index in [1.165, 1.54) is 19.3 Å². The van der Waals surface area contributed by atoms with Gasteiger partial charge in [0.15, 0.2) is 0 Å². The van der Waals surface area contributed by atoms with Gasteiger partial charge in [-0.05, 0) is 55.4 Å². The van der Waals surface area contributed by atoms with Gasteiger partial charge < -0.3 is 10.6 Å². The molecule has 3 nitrogen and oxygen atoms in total. The van der Waals surface area contributed by atoms with Crippen molar-refractivity contribution >= 4 is 17.7 Å². The van der Waals surface area contributed by atoms with Crippen molar-refractivity contribution in [1.82, 2.24) is 4.90 Å². The van der Waals surface area contributed by atoms with Gasteiger partial charge in [0, 0.05) is 24.9 Å². The Morgan fingerprint density at radius 2 is 2.05 bits per heavy atom. The summed E-state index contributed by atoms with van der Waals surface area (Å²) in [7, 11) is 1.92. The first-order valence-electron chi connectivity index (χ1n) is 7.90. The number of nitrogen functional groups attached to an aromatic ring is 1. The quantitative estimate of drug-likeness (QED) is 0.677. The average molecular weight is 286 g/mol. The Kier molecular flexibility index (Phi) is 5.43. The fraction of sp³-hybridized carbons (Fsp3) is 0.500. The molecule has 1 fully saturated rings. The van der Waals surface area contributed by atoms with Crippen LogP contribution < -0.4 is 5.73 Å². The zero-order valence-corrected chi connectivity index (χ0v) is 13.1. The maximum absolute atomic E-state index is 12.3. The van der Waals surface area contributed by atoms with E-state index in [9.17, 15) is 4.79 Å². The van der Waals surface area contributed by atoms with E-state index < -0.39 is 0 Å². The standard InChI is InChI=1S/C18H26N2O/c1-3-14-7-10-17(11-8-14)20(2)18(21)12-9-15-5-4-6-16(19)13-15/h4-6,9,12-14,17H,3,7-8,10-11,19H2,1-2H3/b12-9+. The summed E-state index contributed by atoms with van der Waals surface area (Å²) in [5.74, 6) is 0.935. The highest BCUT2D eigenvalue weighted by Gasteiger charge is 2.24. The second kappa shape index (κ2) is 7.30. The Balaban J connectivity index is 1.91. The molecule has 0 heterocycles. The Bertz CT molecular complexity index is 502. The number of amides is 1. The highest BCUT2D eigenvalue weighted by Crippen LogP contribution is 2.29. The van der Waals surface area contributed by atoms with Crippen LogP contribution in [0, 0.1) is 5.92 Å². The molecule has 2 rings (SSSR count). The minimum atomic E-state index is 0.0809. The van der Waals surface area contributed by atoms with Crippen molar-refractivity contribution in [3.05, 3.63) is 35.9 Å². The highest BCUT2D eigenvalue weighted by atomic mass is 16.2. The third kappa shape index (κ3) is 4.35. The molecule has 0 saturated heterocycles. The van der Waals surface area contributed by atoms with Gasteiger partial charge in [-0.3, -0.25) is 4.79 Å². The normalized spacial score (nSPS) is 22.4. The maximum Gasteiger partial charge on any atom is 0.246 e. The molecule has 1 aliphatic carbocycles. The third-order valence-electron chi connectivity index (χ3n) is 4.62. The van der Waals surface area contributed by atoms with Gasteiger partial charge in [-0.25, -0.2) is 0 Å². The minimum Gasteiger partial charge on any atom is -0.399 e. The highest BCUT2D eigenvalue weighted by molar-refractivity contribution is 5.91. The molecular formula is C18H26N2O. The van der Waals surface area contributed by atoms with E-state index in [4.69, 9.17) is 5.73 Å². The van der Waals surface area contributed by atoms with E-state index in [0.717, 1.165) is 30.0 Å². The number of nitrogens with zero attached hydrogens (tertiary/aromatic N) is 1. The number of carbonyl (C=O) groups excluding carboxylic acids is 1. The van der Waals surface area contributed by atoms with Crippen LogP contribution in [0.3, 0.4) is 0 Å². The molecule has 1 aromatic rings. The van der Waals surface area contributed by atoms with Crippen molar-refractivity contribution < 1.29 is 4.79 Å². The first-order chi connectivity index (χ1) is 10.1. The SMILES string of the molecule is CCC1CCC(N(C)C(=O)/C=C/c2cccc(N)c2)CC1. The second-order valence-corrected chi connectivity index (χ2v) is 6.04. The van der Waals surface area contributed by atoms with Gasteiger partial charge in [0.05, 0.1) is 0 Å². The van der Waals surface area contributed by atoms with Crippen LogP contribution in [-0.4, -0.2) is 23.9 Å². The van der Waals surface area contributed by atoms with Gasteiger partial charge in [-0.1, -0.05) is 25.5 Å². The second-order valence-electron chi connectivity index (χ2n) is 6.04. The summed E-state index contributed by atoms with van der Waals surface area (Å²) in [5, 5.41) is 0. The molecular weight excluding hydrogens is 260 g/mol. The lowest BCUT2D eigenvalue weighted by atomic mass is 9.84. The van der Waals surface area contributed by atoms with Crippen LogP contribution >= 0.6 is 0 Å². The van der Waals surface area contributed by atoms with Crippen LogP contribution in [0.5, 0.6) is 0 Å². The van der Waals surface area contributed by atoms with Gasteiger partial charge in [-0.2, -0.15) is 0 Å². The molecule has 0 unspecified atom stereocenters. The van der Waals surface area contributed by atoms with Gasteiger partial charge in [0.2, 0.25) is 5.91 Å². The Hall–Kier alpha value is -1.77. The summed E-state index contributed by atoms with van der Waals surface area (Å²) < 4.78 is 0. The largest absolute Gasteiger partial charge is 0.399 e. The van der Waals surface area contributed by atoms with Crippen LogP contribution in [0.25, 0.3) is 6.08 Å². The molecule has 114 valence electrons. The number of carbonyl (C=O) groups is 1. The molecule has 1 saturated carbocycles. The van der Waals surface area contributed by atoms with Crippen molar-refractivity contribution in [2.45, 2.75) is 45.1 Å². The van der Waals surface area contributed by atoms with Gasteiger partial charge in [0.25, 0.3) is 0 Å². The predicted molar refractivity (Wildman–Crippen MR) is 88.7 cm³/mol. The molecule has 0 atom stereocenters. The Morgan fingerprint density at radius 3 is 2.67 bits per heavy atom. The molecule has 1 aromatic carbocycles. The number of benzene rings is 1. The summed E-state index contributed by atoms with van der Waals surface area (Å²) in [6.07, 6.45) is 9.52. The lowest BCUT2D eigenvalue weighted by Gasteiger charge is -2.33. The zero-order chi connectivity index (χ0) is 15.2. The molecule has 1 aliphatic rings. The number of hydrogen-bond acceptors (Lipinski definition) is 2. The first-order valence-corrected chi connectivity index (χ1v) is 7.90. The number of rotatable bonds is 4. The fourth-order valence-electron chi connectivity index (χ4n) is 3.07. The van der Waals surface area contributed by atoms with Crippen molar-refractivity contribution in [3.8, 4) is 0 Å².